The number of rotatable bonds is 12. The van der Waals surface area contributed by atoms with Gasteiger partial charge in [-0.3, -0.25) is 9.59 Å². The van der Waals surface area contributed by atoms with E-state index in [1.807, 2.05) is 52.0 Å². The Labute approximate surface area is 212 Å². The first-order valence-corrected chi connectivity index (χ1v) is 12.3. The molecule has 0 aliphatic rings. The van der Waals surface area contributed by atoms with Gasteiger partial charge in [-0.05, 0) is 76.4 Å². The maximum Gasteiger partial charge on any atom is 0.242 e. The van der Waals surface area contributed by atoms with Gasteiger partial charge in [0.15, 0.2) is 11.5 Å². The Kier molecular flexibility index (Phi) is 11.0. The monoisotopic (exact) mass is 508 g/mol. The predicted octanol–water partition coefficient (Wildman–Crippen LogP) is 5.67. The largest absolute Gasteiger partial charge is 0.490 e. The molecule has 0 radical (unpaired) electrons. The summed E-state index contributed by atoms with van der Waals surface area (Å²) in [6, 6.07) is 10.2. The summed E-state index contributed by atoms with van der Waals surface area (Å²) in [6.07, 6.45) is 0.738. The number of hydrogen-bond acceptors (Lipinski definition) is 4. The first kappa shape index (κ1) is 27.8. The Bertz CT molecular complexity index is 981. The van der Waals surface area contributed by atoms with Crippen LogP contribution in [0.2, 0.25) is 10.0 Å². The minimum absolute atomic E-state index is 0.0299. The third-order valence-electron chi connectivity index (χ3n) is 5.17. The lowest BCUT2D eigenvalue weighted by Crippen LogP contribution is -2.49. The van der Waals surface area contributed by atoms with Crippen molar-refractivity contribution in [2.24, 2.45) is 0 Å². The van der Waals surface area contributed by atoms with Crippen LogP contribution in [0.15, 0.2) is 36.4 Å². The molecule has 2 aromatic carbocycles. The first-order chi connectivity index (χ1) is 16.2. The minimum atomic E-state index is -0.649. The zero-order valence-electron chi connectivity index (χ0n) is 20.5. The molecular weight excluding hydrogens is 475 g/mol. The van der Waals surface area contributed by atoms with Crippen LogP contribution in [0, 0.1) is 0 Å². The van der Waals surface area contributed by atoms with Crippen molar-refractivity contribution < 1.29 is 19.1 Å². The number of hydrogen-bond donors (Lipinski definition) is 1. The number of amides is 2. The van der Waals surface area contributed by atoms with Gasteiger partial charge in [-0.2, -0.15) is 0 Å². The summed E-state index contributed by atoms with van der Waals surface area (Å²) < 4.78 is 11.3. The lowest BCUT2D eigenvalue weighted by molar-refractivity contribution is -0.140. The molecule has 0 aromatic heterocycles. The summed E-state index contributed by atoms with van der Waals surface area (Å²) in [4.78, 5) is 27.6. The van der Waals surface area contributed by atoms with Gasteiger partial charge in [-0.1, -0.05) is 35.3 Å². The maximum atomic E-state index is 13.3. The van der Waals surface area contributed by atoms with E-state index in [0.29, 0.717) is 41.2 Å². The fraction of sp³-hybridized carbons (Fsp3) is 0.462. The van der Waals surface area contributed by atoms with Crippen molar-refractivity contribution in [3.8, 4) is 11.5 Å². The molecule has 1 atom stereocenters. The van der Waals surface area contributed by atoms with E-state index in [0.717, 1.165) is 11.1 Å². The Hall–Kier alpha value is -2.44. The summed E-state index contributed by atoms with van der Waals surface area (Å²) in [5.41, 5.74) is 1.75. The molecule has 0 aliphatic heterocycles. The summed E-state index contributed by atoms with van der Waals surface area (Å²) in [7, 11) is 0. The molecule has 2 rings (SSSR count). The van der Waals surface area contributed by atoms with Crippen molar-refractivity contribution in [3.05, 3.63) is 57.6 Å². The van der Waals surface area contributed by atoms with Gasteiger partial charge in [0.1, 0.15) is 6.04 Å². The Balaban J connectivity index is 2.20. The molecule has 2 amide bonds. The highest BCUT2D eigenvalue weighted by Gasteiger charge is 2.26. The molecule has 2 aromatic rings. The van der Waals surface area contributed by atoms with Crippen LogP contribution in [-0.4, -0.2) is 42.0 Å². The fourth-order valence-electron chi connectivity index (χ4n) is 3.47. The molecule has 186 valence electrons. The number of benzene rings is 2. The number of halogens is 2. The molecule has 0 aliphatic carbocycles. The zero-order chi connectivity index (χ0) is 25.3. The molecule has 0 saturated heterocycles. The van der Waals surface area contributed by atoms with E-state index in [4.69, 9.17) is 32.7 Å². The van der Waals surface area contributed by atoms with E-state index in [1.165, 1.54) is 0 Å². The SMILES string of the molecule is CCOc1ccc(CCC(=O)N(Cc2ccc(Cl)c(Cl)c2)[C@@H](C)C(=O)NC(C)C)cc1OCC. The van der Waals surface area contributed by atoms with Crippen LogP contribution in [0.1, 0.15) is 52.2 Å². The van der Waals surface area contributed by atoms with Gasteiger partial charge < -0.3 is 19.7 Å². The average molecular weight is 509 g/mol. The minimum Gasteiger partial charge on any atom is -0.490 e. The van der Waals surface area contributed by atoms with E-state index in [2.05, 4.69) is 5.32 Å². The molecule has 0 fully saturated rings. The summed E-state index contributed by atoms with van der Waals surface area (Å²) in [5.74, 6) is 0.999. The number of ether oxygens (including phenoxy) is 2. The summed E-state index contributed by atoms with van der Waals surface area (Å²) in [6.45, 7) is 10.6. The molecule has 0 spiro atoms. The van der Waals surface area contributed by atoms with Crippen molar-refractivity contribution in [1.82, 2.24) is 10.2 Å². The molecule has 0 heterocycles. The molecule has 0 unspecified atom stereocenters. The van der Waals surface area contributed by atoms with Crippen molar-refractivity contribution in [2.45, 2.75) is 66.1 Å². The van der Waals surface area contributed by atoms with Crippen molar-refractivity contribution >= 4 is 35.0 Å². The Morgan fingerprint density at radius 1 is 0.912 bits per heavy atom. The molecule has 0 saturated carbocycles. The lowest BCUT2D eigenvalue weighted by Gasteiger charge is -2.29. The van der Waals surface area contributed by atoms with Crippen LogP contribution in [0.3, 0.4) is 0 Å². The number of nitrogens with one attached hydrogen (secondary N) is 1. The van der Waals surface area contributed by atoms with Crippen LogP contribution in [0.4, 0.5) is 0 Å². The van der Waals surface area contributed by atoms with E-state index < -0.39 is 6.04 Å². The van der Waals surface area contributed by atoms with Crippen LogP contribution in [0.25, 0.3) is 0 Å². The van der Waals surface area contributed by atoms with E-state index in [1.54, 1.807) is 24.0 Å². The number of carbonyl (C=O) groups excluding carboxylic acids is 2. The third kappa shape index (κ3) is 8.10. The zero-order valence-corrected chi connectivity index (χ0v) is 22.0. The van der Waals surface area contributed by atoms with Gasteiger partial charge in [0.25, 0.3) is 0 Å². The Morgan fingerprint density at radius 3 is 2.18 bits per heavy atom. The van der Waals surface area contributed by atoms with Gasteiger partial charge in [0.2, 0.25) is 11.8 Å². The molecule has 0 bridgehead atoms. The maximum absolute atomic E-state index is 13.3. The summed E-state index contributed by atoms with van der Waals surface area (Å²) >= 11 is 12.2. The van der Waals surface area contributed by atoms with Crippen molar-refractivity contribution in [3.63, 3.8) is 0 Å². The highest BCUT2D eigenvalue weighted by Crippen LogP contribution is 2.29. The second-order valence-electron chi connectivity index (χ2n) is 8.26. The van der Waals surface area contributed by atoms with Crippen molar-refractivity contribution in [1.29, 1.82) is 0 Å². The smallest absolute Gasteiger partial charge is 0.242 e. The fourth-order valence-corrected chi connectivity index (χ4v) is 3.79. The van der Waals surface area contributed by atoms with Gasteiger partial charge in [-0.25, -0.2) is 0 Å². The average Bonchev–Trinajstić information content (AvgIpc) is 2.79. The number of aryl methyl sites for hydroxylation is 1. The van der Waals surface area contributed by atoms with Crippen LogP contribution in [-0.2, 0) is 22.6 Å². The van der Waals surface area contributed by atoms with Gasteiger partial charge in [-0.15, -0.1) is 0 Å². The number of carbonyl (C=O) groups is 2. The van der Waals surface area contributed by atoms with E-state index >= 15 is 0 Å². The van der Waals surface area contributed by atoms with Gasteiger partial charge in [0, 0.05) is 19.0 Å². The van der Waals surface area contributed by atoms with Crippen molar-refractivity contribution in [2.75, 3.05) is 13.2 Å². The molecular formula is C26H34Cl2N2O4. The van der Waals surface area contributed by atoms with Crippen LogP contribution < -0.4 is 14.8 Å². The molecule has 34 heavy (non-hydrogen) atoms. The number of nitrogens with zero attached hydrogens (tertiary/aromatic N) is 1. The van der Waals surface area contributed by atoms with Gasteiger partial charge >= 0.3 is 0 Å². The third-order valence-corrected chi connectivity index (χ3v) is 5.91. The van der Waals surface area contributed by atoms with Crippen LogP contribution >= 0.6 is 23.2 Å². The van der Waals surface area contributed by atoms with Gasteiger partial charge in [0.05, 0.1) is 23.3 Å². The van der Waals surface area contributed by atoms with E-state index in [-0.39, 0.29) is 30.8 Å². The first-order valence-electron chi connectivity index (χ1n) is 11.6. The predicted molar refractivity (Wildman–Crippen MR) is 137 cm³/mol. The highest BCUT2D eigenvalue weighted by molar-refractivity contribution is 6.42. The summed E-state index contributed by atoms with van der Waals surface area (Å²) in [5, 5.41) is 3.73. The molecule has 6 nitrogen and oxygen atoms in total. The normalized spacial score (nSPS) is 11.8. The Morgan fingerprint density at radius 2 is 1.56 bits per heavy atom. The second-order valence-corrected chi connectivity index (χ2v) is 9.07. The standard InChI is InChI=1S/C26H34Cl2N2O4/c1-6-33-23-12-9-19(15-24(23)34-7-2)10-13-25(31)30(18(5)26(32)29-17(3)4)16-20-8-11-21(27)22(28)14-20/h8-9,11-12,14-15,17-18H,6-7,10,13,16H2,1-5H3,(H,29,32)/t18-/m0/s1. The molecule has 8 heteroatoms. The van der Waals surface area contributed by atoms with E-state index in [9.17, 15) is 9.59 Å². The quantitative estimate of drug-likeness (QED) is 0.401. The van der Waals surface area contributed by atoms with Crippen LogP contribution in [0.5, 0.6) is 11.5 Å². The molecule has 1 N–H and O–H groups in total. The second kappa shape index (κ2) is 13.4. The lowest BCUT2D eigenvalue weighted by atomic mass is 10.1. The topological polar surface area (TPSA) is 67.9 Å². The highest BCUT2D eigenvalue weighted by atomic mass is 35.5.